The number of aryl methyl sites for hydroxylation is 6. The molecule has 0 saturated carbocycles. The molecule has 0 radical (unpaired) electrons. The number of hydrogen-bond donors (Lipinski definition) is 0. The van der Waals surface area contributed by atoms with Crippen LogP contribution in [0, 0.1) is 0 Å². The lowest BCUT2D eigenvalue weighted by atomic mass is 10.0. The van der Waals surface area contributed by atoms with E-state index in [1.165, 1.54) is 27.8 Å². The van der Waals surface area contributed by atoms with Crippen molar-refractivity contribution in [2.24, 2.45) is 0 Å². The van der Waals surface area contributed by atoms with E-state index in [2.05, 4.69) is 84.9 Å². The van der Waals surface area contributed by atoms with Crippen LogP contribution in [-0.4, -0.2) is 21.3 Å². The van der Waals surface area contributed by atoms with Crippen LogP contribution in [-0.2, 0) is 38.5 Å². The molecule has 5 nitrogen and oxygen atoms in total. The summed E-state index contributed by atoms with van der Waals surface area (Å²) in [6.07, 6.45) is 5.30. The van der Waals surface area contributed by atoms with E-state index in [0.29, 0.717) is 0 Å². The highest BCUT2D eigenvalue weighted by Gasteiger charge is 2.09. The van der Waals surface area contributed by atoms with E-state index < -0.39 is 0 Å². The van der Waals surface area contributed by atoms with Crippen LogP contribution in [0.3, 0.4) is 0 Å². The monoisotopic (exact) mass is 664 g/mol. The molecule has 0 heterocycles. The molecule has 0 aliphatic heterocycles. The molecule has 6 aromatic rings. The van der Waals surface area contributed by atoms with Gasteiger partial charge in [0.05, 0.1) is 21.3 Å². The van der Waals surface area contributed by atoms with Crippen molar-refractivity contribution in [3.63, 3.8) is 0 Å². The maximum absolute atomic E-state index is 6.52. The van der Waals surface area contributed by atoms with Crippen molar-refractivity contribution < 1.29 is 23.7 Å². The van der Waals surface area contributed by atoms with Crippen LogP contribution in [0.1, 0.15) is 33.4 Å². The quantitative estimate of drug-likeness (QED) is 0.103. The van der Waals surface area contributed by atoms with E-state index in [-0.39, 0.29) is 0 Å². The lowest BCUT2D eigenvalue weighted by molar-refractivity contribution is 0.414. The summed E-state index contributed by atoms with van der Waals surface area (Å²) in [7, 11) is 5.10. The van der Waals surface area contributed by atoms with Crippen LogP contribution in [0.25, 0.3) is 0 Å². The van der Waals surface area contributed by atoms with E-state index in [1.807, 2.05) is 54.6 Å². The molecule has 0 aliphatic carbocycles. The molecule has 0 N–H and O–H groups in total. The summed E-state index contributed by atoms with van der Waals surface area (Å²) in [6.45, 7) is 0. The fourth-order valence-electron chi connectivity index (χ4n) is 6.04. The van der Waals surface area contributed by atoms with E-state index in [0.717, 1.165) is 84.3 Å². The highest BCUT2D eigenvalue weighted by molar-refractivity contribution is 5.45. The second-order valence-corrected chi connectivity index (χ2v) is 12.4. The molecule has 6 rings (SSSR count). The smallest absolute Gasteiger partial charge is 0.131 e. The van der Waals surface area contributed by atoms with Crippen LogP contribution >= 0.6 is 0 Å². The van der Waals surface area contributed by atoms with E-state index in [1.54, 1.807) is 21.3 Å². The molecule has 0 saturated heterocycles. The molecule has 0 amide bonds. The fourth-order valence-corrected chi connectivity index (χ4v) is 6.04. The zero-order valence-electron chi connectivity index (χ0n) is 29.1. The van der Waals surface area contributed by atoms with E-state index >= 15 is 0 Å². The van der Waals surface area contributed by atoms with Gasteiger partial charge in [0.1, 0.15) is 40.2 Å². The van der Waals surface area contributed by atoms with Gasteiger partial charge in [-0.25, -0.2) is 0 Å². The maximum Gasteiger partial charge on any atom is 0.131 e. The molecule has 0 bridgehead atoms. The number of hydrogen-bond acceptors (Lipinski definition) is 5. The molecule has 0 aliphatic rings. The average molecular weight is 665 g/mol. The van der Waals surface area contributed by atoms with Gasteiger partial charge < -0.3 is 23.7 Å². The van der Waals surface area contributed by atoms with Gasteiger partial charge in [-0.05, 0) is 145 Å². The Labute approximate surface area is 296 Å². The Morgan fingerprint density at radius 1 is 0.280 bits per heavy atom. The third-order valence-electron chi connectivity index (χ3n) is 8.72. The Bertz CT molecular complexity index is 1880. The highest BCUT2D eigenvalue weighted by Crippen LogP contribution is 2.32. The van der Waals surface area contributed by atoms with Crippen LogP contribution in [0.15, 0.2) is 140 Å². The summed E-state index contributed by atoms with van der Waals surface area (Å²) in [5, 5.41) is 0. The van der Waals surface area contributed by atoms with Crippen molar-refractivity contribution in [2.45, 2.75) is 38.5 Å². The highest BCUT2D eigenvalue weighted by atomic mass is 16.5. The first-order valence-corrected chi connectivity index (χ1v) is 17.1. The molecular weight excluding hydrogens is 620 g/mol. The normalized spacial score (nSPS) is 10.8. The molecular formula is C45H44O5. The predicted molar refractivity (Wildman–Crippen MR) is 201 cm³/mol. The van der Waals surface area contributed by atoms with Gasteiger partial charge in [-0.2, -0.15) is 0 Å². The Morgan fingerprint density at radius 3 is 0.860 bits per heavy atom. The summed E-state index contributed by atoms with van der Waals surface area (Å²) >= 11 is 0. The van der Waals surface area contributed by atoms with Crippen molar-refractivity contribution in [1.29, 1.82) is 0 Å². The minimum absolute atomic E-state index is 0.738. The third kappa shape index (κ3) is 9.93. The van der Waals surface area contributed by atoms with Crippen LogP contribution in [0.5, 0.6) is 40.2 Å². The maximum atomic E-state index is 6.52. The van der Waals surface area contributed by atoms with Gasteiger partial charge in [-0.3, -0.25) is 0 Å². The van der Waals surface area contributed by atoms with Crippen LogP contribution in [0.4, 0.5) is 0 Å². The first kappa shape index (κ1) is 34.2. The standard InChI is InChI=1S/C45H44O5/c1-46-39-14-4-9-33(25-39)19-21-36-12-7-17-42(28-36)49-44-30-38(24-23-35-11-6-16-41(27-35)48-3)31-45(32-44)50-43-18-8-13-37(29-43)22-20-34-10-5-15-40(26-34)47-2/h4-18,25-32H,19-24H2,1-3H3. The fraction of sp³-hybridized carbons (Fsp3) is 0.200. The van der Waals surface area contributed by atoms with Gasteiger partial charge in [0.2, 0.25) is 0 Å². The number of methoxy groups -OCH3 is 3. The molecule has 254 valence electrons. The Kier molecular flexibility index (Phi) is 11.7. The first-order chi connectivity index (χ1) is 24.5. The summed E-state index contributed by atoms with van der Waals surface area (Å²) < 4.78 is 29.3. The molecule has 6 aromatic carbocycles. The van der Waals surface area contributed by atoms with E-state index in [4.69, 9.17) is 23.7 Å². The zero-order valence-corrected chi connectivity index (χ0v) is 29.1. The van der Waals surface area contributed by atoms with Gasteiger partial charge in [-0.1, -0.05) is 60.7 Å². The van der Waals surface area contributed by atoms with Crippen LogP contribution in [0.2, 0.25) is 0 Å². The Hall–Kier alpha value is -5.68. The summed E-state index contributed by atoms with van der Waals surface area (Å²) in [5.41, 5.74) is 7.24. The average Bonchev–Trinajstić information content (AvgIpc) is 3.16. The molecule has 0 spiro atoms. The lowest BCUT2D eigenvalue weighted by Gasteiger charge is -2.14. The Balaban J connectivity index is 1.19. The van der Waals surface area contributed by atoms with Crippen molar-refractivity contribution >= 4 is 0 Å². The number of benzene rings is 6. The summed E-state index contributed by atoms with van der Waals surface area (Å²) in [6, 6.07) is 47.5. The number of ether oxygens (including phenoxy) is 5. The second kappa shape index (κ2) is 17.1. The van der Waals surface area contributed by atoms with Gasteiger partial charge in [-0.15, -0.1) is 0 Å². The van der Waals surface area contributed by atoms with Gasteiger partial charge in [0, 0.05) is 6.07 Å². The molecule has 0 atom stereocenters. The van der Waals surface area contributed by atoms with Crippen LogP contribution < -0.4 is 23.7 Å². The number of rotatable bonds is 16. The van der Waals surface area contributed by atoms with E-state index in [9.17, 15) is 0 Å². The molecule has 0 fully saturated rings. The Morgan fingerprint density at radius 2 is 0.540 bits per heavy atom. The zero-order chi connectivity index (χ0) is 34.5. The molecule has 50 heavy (non-hydrogen) atoms. The predicted octanol–water partition coefficient (Wildman–Crippen LogP) is 10.7. The SMILES string of the molecule is COc1cccc(CCc2cccc(Oc3cc(CCc4cccc(OC)c4)cc(Oc4cccc(CCc5cccc(OC)c5)c4)c3)c2)c1. The topological polar surface area (TPSA) is 46.2 Å². The molecule has 0 unspecified atom stereocenters. The first-order valence-electron chi connectivity index (χ1n) is 17.1. The summed E-state index contributed by atoms with van der Waals surface area (Å²) in [4.78, 5) is 0. The van der Waals surface area contributed by atoms with Crippen molar-refractivity contribution in [2.75, 3.05) is 21.3 Å². The largest absolute Gasteiger partial charge is 0.497 e. The van der Waals surface area contributed by atoms with Crippen molar-refractivity contribution in [1.82, 2.24) is 0 Å². The lowest BCUT2D eigenvalue weighted by Crippen LogP contribution is -1.96. The minimum Gasteiger partial charge on any atom is -0.497 e. The van der Waals surface area contributed by atoms with Gasteiger partial charge in [0.15, 0.2) is 0 Å². The third-order valence-corrected chi connectivity index (χ3v) is 8.72. The van der Waals surface area contributed by atoms with Crippen molar-refractivity contribution in [3.05, 3.63) is 173 Å². The molecule has 0 aromatic heterocycles. The van der Waals surface area contributed by atoms with Gasteiger partial charge in [0.25, 0.3) is 0 Å². The second-order valence-electron chi connectivity index (χ2n) is 12.4. The van der Waals surface area contributed by atoms with Crippen molar-refractivity contribution in [3.8, 4) is 40.2 Å². The molecule has 5 heteroatoms. The van der Waals surface area contributed by atoms with Gasteiger partial charge >= 0.3 is 0 Å². The minimum atomic E-state index is 0.738. The summed E-state index contributed by atoms with van der Waals surface area (Å²) in [5.74, 6) is 5.69.